The number of allylic oxidation sites excluding steroid dienone is 3. The van der Waals surface area contributed by atoms with Crippen molar-refractivity contribution in [3.63, 3.8) is 0 Å². The first-order valence-electron chi connectivity index (χ1n) is 5.83. The molecule has 0 bridgehead atoms. The van der Waals surface area contributed by atoms with Crippen LogP contribution in [0, 0.1) is 5.92 Å². The van der Waals surface area contributed by atoms with Crippen LogP contribution in [-0.4, -0.2) is 23.8 Å². The van der Waals surface area contributed by atoms with E-state index < -0.39 is 0 Å². The molecule has 0 saturated carbocycles. The van der Waals surface area contributed by atoms with Crippen molar-refractivity contribution < 1.29 is 19.4 Å². The van der Waals surface area contributed by atoms with E-state index >= 15 is 0 Å². The molecule has 0 spiro atoms. The standard InChI is InChI=1S/C15H14O4/c1-4-8(2)10-7-13(17)14-11(15(10)18)5-9(19-3)6-12(14)16/h4-8,16H,1H2,2-3H3. The molecule has 1 aromatic rings. The van der Waals surface area contributed by atoms with E-state index in [1.54, 1.807) is 13.0 Å². The molecule has 0 saturated heterocycles. The van der Waals surface area contributed by atoms with Crippen LogP contribution in [0.4, 0.5) is 0 Å². The summed E-state index contributed by atoms with van der Waals surface area (Å²) >= 11 is 0. The van der Waals surface area contributed by atoms with Gasteiger partial charge in [-0.3, -0.25) is 9.59 Å². The molecule has 1 unspecified atom stereocenters. The number of hydrogen-bond donors (Lipinski definition) is 1. The van der Waals surface area contributed by atoms with Crippen LogP contribution in [0.5, 0.6) is 11.5 Å². The SMILES string of the molecule is C=CC(C)C1=CC(=O)c2c(O)cc(OC)cc2C1=O. The highest BCUT2D eigenvalue weighted by molar-refractivity contribution is 6.25. The third kappa shape index (κ3) is 2.05. The molecule has 0 aliphatic heterocycles. The van der Waals surface area contributed by atoms with Crippen LogP contribution in [0.2, 0.25) is 0 Å². The summed E-state index contributed by atoms with van der Waals surface area (Å²) in [7, 11) is 1.43. The zero-order valence-electron chi connectivity index (χ0n) is 10.8. The number of rotatable bonds is 3. The number of aromatic hydroxyl groups is 1. The fourth-order valence-electron chi connectivity index (χ4n) is 2.06. The lowest BCUT2D eigenvalue weighted by atomic mass is 9.83. The minimum atomic E-state index is -0.376. The van der Waals surface area contributed by atoms with E-state index in [0.717, 1.165) is 0 Å². The Labute approximate surface area is 111 Å². The molecule has 1 atom stereocenters. The Morgan fingerprint density at radius 3 is 2.63 bits per heavy atom. The summed E-state index contributed by atoms with van der Waals surface area (Å²) in [4.78, 5) is 24.4. The molecule has 0 heterocycles. The van der Waals surface area contributed by atoms with E-state index in [0.29, 0.717) is 11.3 Å². The molecule has 98 valence electrons. The summed E-state index contributed by atoms with van der Waals surface area (Å²) in [5, 5.41) is 9.84. The van der Waals surface area contributed by atoms with Crippen molar-refractivity contribution in [2.75, 3.05) is 7.11 Å². The predicted octanol–water partition coefficient (Wildman–Crippen LogP) is 2.53. The van der Waals surface area contributed by atoms with E-state index in [1.807, 2.05) is 0 Å². The molecule has 1 aromatic carbocycles. The number of benzene rings is 1. The summed E-state index contributed by atoms with van der Waals surface area (Å²) in [5.74, 6) is -0.785. The fourth-order valence-corrected chi connectivity index (χ4v) is 2.06. The molecule has 1 aliphatic carbocycles. The van der Waals surface area contributed by atoms with Gasteiger partial charge in [0.15, 0.2) is 11.6 Å². The zero-order chi connectivity index (χ0) is 14.2. The second kappa shape index (κ2) is 4.72. The van der Waals surface area contributed by atoms with Gasteiger partial charge in [-0.15, -0.1) is 6.58 Å². The largest absolute Gasteiger partial charge is 0.507 e. The maximum Gasteiger partial charge on any atom is 0.190 e. The maximum absolute atomic E-state index is 12.3. The normalized spacial score (nSPS) is 15.6. The van der Waals surface area contributed by atoms with Crippen molar-refractivity contribution in [3.05, 3.63) is 47.6 Å². The van der Waals surface area contributed by atoms with Crippen molar-refractivity contribution in [2.45, 2.75) is 6.92 Å². The maximum atomic E-state index is 12.3. The Morgan fingerprint density at radius 1 is 1.37 bits per heavy atom. The highest BCUT2D eigenvalue weighted by atomic mass is 16.5. The first-order valence-corrected chi connectivity index (χ1v) is 5.83. The van der Waals surface area contributed by atoms with Gasteiger partial charge < -0.3 is 9.84 Å². The van der Waals surface area contributed by atoms with Crippen molar-refractivity contribution in [3.8, 4) is 11.5 Å². The van der Waals surface area contributed by atoms with E-state index in [1.165, 1.54) is 25.3 Å². The van der Waals surface area contributed by atoms with Gasteiger partial charge in [-0.05, 0) is 12.1 Å². The number of Topliss-reactive ketones (excluding diaryl/α,β-unsaturated/α-hetero) is 1. The van der Waals surface area contributed by atoms with Gasteiger partial charge in [0, 0.05) is 23.1 Å². The number of phenolic OH excluding ortho intramolecular Hbond substituents is 1. The highest BCUT2D eigenvalue weighted by Crippen LogP contribution is 2.34. The number of carbonyl (C=O) groups excluding carboxylic acids is 2. The van der Waals surface area contributed by atoms with Crippen LogP contribution in [0.1, 0.15) is 27.6 Å². The minimum absolute atomic E-state index is 0.0332. The van der Waals surface area contributed by atoms with Gasteiger partial charge in [0.1, 0.15) is 11.5 Å². The summed E-state index contributed by atoms with van der Waals surface area (Å²) in [5.41, 5.74) is 0.582. The number of ketones is 2. The molecule has 19 heavy (non-hydrogen) atoms. The van der Waals surface area contributed by atoms with Crippen molar-refractivity contribution in [1.82, 2.24) is 0 Å². The molecule has 1 aliphatic rings. The zero-order valence-corrected chi connectivity index (χ0v) is 10.8. The number of methoxy groups -OCH3 is 1. The van der Waals surface area contributed by atoms with Crippen LogP contribution in [0.25, 0.3) is 0 Å². The summed E-state index contributed by atoms with van der Waals surface area (Å²) in [6.07, 6.45) is 2.87. The summed E-state index contributed by atoms with van der Waals surface area (Å²) in [6, 6.07) is 2.79. The van der Waals surface area contributed by atoms with Crippen molar-refractivity contribution in [2.24, 2.45) is 5.92 Å². The Morgan fingerprint density at radius 2 is 2.05 bits per heavy atom. The Bertz CT molecular complexity index is 611. The molecule has 4 nitrogen and oxygen atoms in total. The number of phenols is 1. The summed E-state index contributed by atoms with van der Waals surface area (Å²) in [6.45, 7) is 5.41. The van der Waals surface area contributed by atoms with Gasteiger partial charge in [0.2, 0.25) is 0 Å². The van der Waals surface area contributed by atoms with Gasteiger partial charge >= 0.3 is 0 Å². The average Bonchev–Trinajstić information content (AvgIpc) is 2.40. The molecule has 0 radical (unpaired) electrons. The first-order chi connectivity index (χ1) is 8.99. The van der Waals surface area contributed by atoms with Crippen molar-refractivity contribution in [1.29, 1.82) is 0 Å². The van der Waals surface area contributed by atoms with Crippen LogP contribution in [0.3, 0.4) is 0 Å². The Hall–Kier alpha value is -2.36. The molecular weight excluding hydrogens is 244 g/mol. The fraction of sp³-hybridized carbons (Fsp3) is 0.200. The third-order valence-corrected chi connectivity index (χ3v) is 3.21. The van der Waals surface area contributed by atoms with Gasteiger partial charge in [-0.1, -0.05) is 13.0 Å². The van der Waals surface area contributed by atoms with Gasteiger partial charge in [0.05, 0.1) is 12.7 Å². The number of ether oxygens (including phenoxy) is 1. The second-order valence-electron chi connectivity index (χ2n) is 4.39. The molecular formula is C15H14O4. The Balaban J connectivity index is 2.64. The van der Waals surface area contributed by atoms with E-state index in [-0.39, 0.29) is 34.4 Å². The quantitative estimate of drug-likeness (QED) is 0.846. The highest BCUT2D eigenvalue weighted by Gasteiger charge is 2.30. The molecule has 4 heteroatoms. The van der Waals surface area contributed by atoms with E-state index in [9.17, 15) is 14.7 Å². The van der Waals surface area contributed by atoms with E-state index in [4.69, 9.17) is 4.74 Å². The molecule has 0 aromatic heterocycles. The number of hydrogen-bond acceptors (Lipinski definition) is 4. The van der Waals surface area contributed by atoms with Gasteiger partial charge in [-0.25, -0.2) is 0 Å². The smallest absolute Gasteiger partial charge is 0.190 e. The second-order valence-corrected chi connectivity index (χ2v) is 4.39. The molecule has 1 N–H and O–H groups in total. The molecule has 2 rings (SSSR count). The monoisotopic (exact) mass is 258 g/mol. The minimum Gasteiger partial charge on any atom is -0.507 e. The lowest BCUT2D eigenvalue weighted by Gasteiger charge is -2.19. The van der Waals surface area contributed by atoms with Crippen LogP contribution >= 0.6 is 0 Å². The molecule has 0 amide bonds. The topological polar surface area (TPSA) is 63.6 Å². The third-order valence-electron chi connectivity index (χ3n) is 3.21. The predicted molar refractivity (Wildman–Crippen MR) is 70.8 cm³/mol. The summed E-state index contributed by atoms with van der Waals surface area (Å²) < 4.78 is 5.00. The van der Waals surface area contributed by atoms with Gasteiger partial charge in [0.25, 0.3) is 0 Å². The Kier molecular flexibility index (Phi) is 3.25. The first kappa shape index (κ1) is 13.1. The van der Waals surface area contributed by atoms with Crippen molar-refractivity contribution >= 4 is 11.6 Å². The van der Waals surface area contributed by atoms with Crippen LogP contribution in [0.15, 0.2) is 36.4 Å². The lowest BCUT2D eigenvalue weighted by molar-refractivity contribution is 0.0976. The van der Waals surface area contributed by atoms with Gasteiger partial charge in [-0.2, -0.15) is 0 Å². The van der Waals surface area contributed by atoms with Crippen LogP contribution in [-0.2, 0) is 0 Å². The lowest BCUT2D eigenvalue weighted by Crippen LogP contribution is -2.20. The van der Waals surface area contributed by atoms with Crippen LogP contribution < -0.4 is 4.74 Å². The number of fused-ring (bicyclic) bond motifs is 1. The number of carbonyl (C=O) groups is 2. The van der Waals surface area contributed by atoms with E-state index in [2.05, 4.69) is 6.58 Å². The molecule has 0 fully saturated rings. The average molecular weight is 258 g/mol.